The van der Waals surface area contributed by atoms with E-state index in [4.69, 9.17) is 11.3 Å². The van der Waals surface area contributed by atoms with Gasteiger partial charge in [-0.25, -0.2) is 0 Å². The Morgan fingerprint density at radius 3 is 2.44 bits per heavy atom. The molecule has 2 nitrogen and oxygen atoms in total. The van der Waals surface area contributed by atoms with Crippen LogP contribution in [0.15, 0.2) is 77.3 Å². The van der Waals surface area contributed by atoms with Gasteiger partial charge in [-0.1, -0.05) is 83.1 Å². The van der Waals surface area contributed by atoms with Gasteiger partial charge < -0.3 is 4.42 Å². The third-order valence-corrected chi connectivity index (χ3v) is 8.77. The van der Waals surface area contributed by atoms with Crippen LogP contribution in [-0.2, 0) is 6.37 Å². The first-order valence-corrected chi connectivity index (χ1v) is 14.7. The van der Waals surface area contributed by atoms with E-state index in [0.29, 0.717) is 16.8 Å². The highest BCUT2D eigenvalue weighted by atomic mass is 16.3. The first-order chi connectivity index (χ1) is 21.9. The SMILES string of the molecule is [2H]C([2H])([2H])c1cnc(-c2cccc3c2oc2c3ccc3ccc4cc(C5([2H])CCC(C)(C)CC5)ccc4c32)cc1C([2H])([2H])C(C)(C)C. The first-order valence-electron chi connectivity index (χ1n) is 17.7. The quantitative estimate of drug-likeness (QED) is 0.207. The van der Waals surface area contributed by atoms with Crippen LogP contribution in [0.2, 0.25) is 0 Å². The molecular formula is C39H41NO. The highest BCUT2D eigenvalue weighted by Crippen LogP contribution is 2.44. The molecule has 1 fully saturated rings. The smallest absolute Gasteiger partial charge is 0.144 e. The molecule has 1 aliphatic carbocycles. The Kier molecular flexibility index (Phi) is 4.67. The predicted octanol–water partition coefficient (Wildman–Crippen LogP) is 11.5. The maximum atomic E-state index is 9.34. The number of fused-ring (bicyclic) bond motifs is 7. The number of hydrogen-bond acceptors (Lipinski definition) is 2. The van der Waals surface area contributed by atoms with Crippen LogP contribution in [-0.4, -0.2) is 4.98 Å². The topological polar surface area (TPSA) is 26.0 Å². The van der Waals surface area contributed by atoms with Crippen molar-refractivity contribution in [2.24, 2.45) is 10.8 Å². The van der Waals surface area contributed by atoms with Gasteiger partial charge in [-0.2, -0.15) is 0 Å². The zero-order valence-corrected chi connectivity index (χ0v) is 24.6. The van der Waals surface area contributed by atoms with E-state index in [2.05, 4.69) is 61.3 Å². The van der Waals surface area contributed by atoms with Gasteiger partial charge in [-0.3, -0.25) is 4.98 Å². The minimum atomic E-state index is -2.52. The third-order valence-electron chi connectivity index (χ3n) is 8.77. The molecule has 1 aliphatic rings. The summed E-state index contributed by atoms with van der Waals surface area (Å²) in [6, 6.07) is 22.3. The lowest BCUT2D eigenvalue weighted by Gasteiger charge is -2.34. The Hall–Kier alpha value is -3.65. The summed E-state index contributed by atoms with van der Waals surface area (Å²) in [5, 5.41) is 6.08. The summed E-state index contributed by atoms with van der Waals surface area (Å²) in [6.07, 6.45) is 3.17. The highest BCUT2D eigenvalue weighted by Gasteiger charge is 2.28. The van der Waals surface area contributed by atoms with Crippen molar-refractivity contribution in [3.63, 3.8) is 0 Å². The lowest BCUT2D eigenvalue weighted by molar-refractivity contribution is 0.224. The molecule has 0 atom stereocenters. The largest absolute Gasteiger partial charge is 0.455 e. The molecule has 0 N–H and O–H groups in total. The normalized spacial score (nSPS) is 19.9. The van der Waals surface area contributed by atoms with Crippen LogP contribution in [0, 0.1) is 17.7 Å². The van der Waals surface area contributed by atoms with Gasteiger partial charge in [-0.05, 0) is 107 Å². The van der Waals surface area contributed by atoms with Crippen molar-refractivity contribution in [1.29, 1.82) is 0 Å². The molecule has 208 valence electrons. The first kappa shape index (κ1) is 20.3. The number of hydrogen-bond donors (Lipinski definition) is 0. The number of pyridine rings is 1. The minimum absolute atomic E-state index is 0.0822. The fourth-order valence-corrected chi connectivity index (χ4v) is 6.45. The monoisotopic (exact) mass is 545 g/mol. The predicted molar refractivity (Wildman–Crippen MR) is 175 cm³/mol. The van der Waals surface area contributed by atoms with Crippen LogP contribution >= 0.6 is 0 Å². The molecule has 0 amide bonds. The van der Waals surface area contributed by atoms with Crippen molar-refractivity contribution in [2.75, 3.05) is 0 Å². The van der Waals surface area contributed by atoms with E-state index in [0.717, 1.165) is 69.1 Å². The molecule has 0 bridgehead atoms. The van der Waals surface area contributed by atoms with Gasteiger partial charge in [0.05, 0.1) is 5.69 Å². The molecule has 0 radical (unpaired) electrons. The standard InChI is InChI=1S/C39H41NO/c1-24-23-40-34(21-29(24)22-38(2,3)4)33-9-7-8-31-32-15-12-26-10-11-28-20-27(25-16-18-39(5,6)19-17-25)13-14-30(28)35(26)37(32)41-36(31)33/h7-15,20-21,23,25H,16-19,22H2,1-6H3/i1D3,22D2,25D. The molecule has 4 aromatic carbocycles. The number of nitrogens with zero attached hydrogens (tertiary/aromatic N) is 1. The lowest BCUT2D eigenvalue weighted by Crippen LogP contribution is -2.20. The van der Waals surface area contributed by atoms with E-state index in [-0.39, 0.29) is 16.5 Å². The van der Waals surface area contributed by atoms with Gasteiger partial charge in [0.25, 0.3) is 0 Å². The van der Waals surface area contributed by atoms with E-state index in [1.807, 2.05) is 18.2 Å². The zero-order valence-electron chi connectivity index (χ0n) is 30.6. The van der Waals surface area contributed by atoms with Crippen molar-refractivity contribution in [1.82, 2.24) is 4.98 Å². The molecule has 0 aliphatic heterocycles. The van der Waals surface area contributed by atoms with Gasteiger partial charge in [-0.15, -0.1) is 0 Å². The van der Waals surface area contributed by atoms with Gasteiger partial charge >= 0.3 is 0 Å². The summed E-state index contributed by atoms with van der Waals surface area (Å²) in [4.78, 5) is 4.57. The molecule has 2 heteroatoms. The molecule has 2 aromatic heterocycles. The number of benzene rings is 4. The second kappa shape index (κ2) is 9.44. The van der Waals surface area contributed by atoms with E-state index in [1.54, 1.807) is 26.8 Å². The Labute approximate surface area is 252 Å². The average Bonchev–Trinajstić information content (AvgIpc) is 3.40. The maximum absolute atomic E-state index is 9.34. The van der Waals surface area contributed by atoms with Crippen LogP contribution in [0.1, 0.15) is 91.1 Å². The van der Waals surface area contributed by atoms with Crippen molar-refractivity contribution in [3.8, 4) is 11.3 Å². The van der Waals surface area contributed by atoms with Gasteiger partial charge in [0, 0.05) is 36.1 Å². The number of rotatable bonds is 3. The van der Waals surface area contributed by atoms with Crippen LogP contribution in [0.25, 0.3) is 54.7 Å². The maximum Gasteiger partial charge on any atom is 0.144 e. The fourth-order valence-electron chi connectivity index (χ4n) is 6.45. The summed E-state index contributed by atoms with van der Waals surface area (Å²) >= 11 is 0. The minimum Gasteiger partial charge on any atom is -0.455 e. The van der Waals surface area contributed by atoms with Crippen LogP contribution in [0.4, 0.5) is 0 Å². The molecule has 0 saturated heterocycles. The van der Waals surface area contributed by atoms with Crippen LogP contribution < -0.4 is 0 Å². The third kappa shape index (κ3) is 4.72. The Morgan fingerprint density at radius 1 is 0.927 bits per heavy atom. The van der Waals surface area contributed by atoms with E-state index in [1.165, 1.54) is 6.20 Å². The molecule has 0 spiro atoms. The Balaban J connectivity index is 1.42. The molecular weight excluding hydrogens is 498 g/mol. The summed E-state index contributed by atoms with van der Waals surface area (Å²) in [7, 11) is 0. The highest BCUT2D eigenvalue weighted by molar-refractivity contribution is 6.23. The molecule has 41 heavy (non-hydrogen) atoms. The van der Waals surface area contributed by atoms with E-state index in [9.17, 15) is 1.37 Å². The number of aryl methyl sites for hydroxylation is 1. The zero-order chi connectivity index (χ0) is 33.7. The average molecular weight is 546 g/mol. The molecule has 2 heterocycles. The van der Waals surface area contributed by atoms with Crippen LogP contribution in [0.3, 0.4) is 0 Å². The second-order valence-electron chi connectivity index (χ2n) is 13.6. The Morgan fingerprint density at radius 2 is 1.66 bits per heavy atom. The van der Waals surface area contributed by atoms with E-state index >= 15 is 0 Å². The number of aromatic nitrogens is 1. The lowest BCUT2D eigenvalue weighted by atomic mass is 9.71. The molecule has 1 saturated carbocycles. The van der Waals surface area contributed by atoms with Gasteiger partial charge in [0.2, 0.25) is 0 Å². The summed E-state index contributed by atoms with van der Waals surface area (Å²) < 4.78 is 58.4. The van der Waals surface area contributed by atoms with Crippen molar-refractivity contribution < 1.29 is 12.6 Å². The van der Waals surface area contributed by atoms with Crippen LogP contribution in [0.5, 0.6) is 0 Å². The summed E-state index contributed by atoms with van der Waals surface area (Å²) in [5.41, 5.74) is 3.04. The van der Waals surface area contributed by atoms with Crippen molar-refractivity contribution >= 4 is 43.5 Å². The second-order valence-corrected chi connectivity index (χ2v) is 13.6. The number of furan rings is 1. The summed E-state index contributed by atoms with van der Waals surface area (Å²) in [6.45, 7) is 7.40. The fraction of sp³-hybridized carbons (Fsp3) is 0.359. The molecule has 7 rings (SSSR count). The van der Waals surface area contributed by atoms with E-state index < -0.39 is 24.5 Å². The van der Waals surface area contributed by atoms with Gasteiger partial charge in [0.1, 0.15) is 11.2 Å². The number of para-hydroxylation sites is 1. The molecule has 6 aromatic rings. The van der Waals surface area contributed by atoms with Crippen molar-refractivity contribution in [3.05, 3.63) is 89.6 Å². The van der Waals surface area contributed by atoms with Crippen molar-refractivity contribution in [2.45, 2.75) is 79.4 Å². The Bertz CT molecular complexity index is 2190. The summed E-state index contributed by atoms with van der Waals surface area (Å²) in [5.74, 6) is -0.581. The van der Waals surface area contributed by atoms with Gasteiger partial charge in [0.15, 0.2) is 0 Å². The molecule has 0 unspecified atom stereocenters.